The minimum atomic E-state index is 0.648. The minimum Gasteiger partial charge on any atom is -0.356 e. The second-order valence-corrected chi connectivity index (χ2v) is 8.12. The highest BCUT2D eigenvalue weighted by molar-refractivity contribution is 5.80. The maximum absolute atomic E-state index is 4.53. The van der Waals surface area contributed by atoms with E-state index >= 15 is 0 Å². The number of hydrogen-bond acceptors (Lipinski definition) is 3. The van der Waals surface area contributed by atoms with Crippen molar-refractivity contribution in [3.63, 3.8) is 0 Å². The number of rotatable bonds is 5. The van der Waals surface area contributed by atoms with Gasteiger partial charge in [-0.2, -0.15) is 0 Å². The maximum atomic E-state index is 4.53. The topological polar surface area (TPSA) is 34.1 Å². The van der Waals surface area contributed by atoms with E-state index in [1.807, 2.05) is 7.05 Å². The Balaban J connectivity index is 1.72. The molecule has 0 aliphatic carbocycles. The second kappa shape index (κ2) is 9.62. The Morgan fingerprint density at radius 3 is 2.21 bits per heavy atom. The molecule has 0 radical (unpaired) electrons. The van der Waals surface area contributed by atoms with E-state index < -0.39 is 0 Å². The molecule has 0 amide bonds. The van der Waals surface area contributed by atoms with E-state index in [0.29, 0.717) is 5.92 Å². The van der Waals surface area contributed by atoms with Crippen molar-refractivity contribution in [2.75, 3.05) is 66.0 Å². The van der Waals surface area contributed by atoms with Gasteiger partial charge in [0.05, 0.1) is 0 Å². The van der Waals surface area contributed by atoms with E-state index in [0.717, 1.165) is 37.4 Å². The van der Waals surface area contributed by atoms with Crippen molar-refractivity contribution < 1.29 is 0 Å². The molecule has 2 rings (SSSR count). The van der Waals surface area contributed by atoms with Crippen LogP contribution in [0.1, 0.15) is 34.1 Å². The van der Waals surface area contributed by atoms with E-state index in [4.69, 9.17) is 0 Å². The molecule has 2 heterocycles. The summed E-state index contributed by atoms with van der Waals surface area (Å²) in [5.41, 5.74) is 0. The zero-order valence-corrected chi connectivity index (χ0v) is 16.6. The van der Waals surface area contributed by atoms with Gasteiger partial charge in [0.1, 0.15) is 0 Å². The number of likely N-dealkylation sites (N-methyl/N-ethyl adjacent to an activating group) is 1. The lowest BCUT2D eigenvalue weighted by Crippen LogP contribution is -2.51. The summed E-state index contributed by atoms with van der Waals surface area (Å²) >= 11 is 0. The lowest BCUT2D eigenvalue weighted by atomic mass is 9.92. The Kier molecular flexibility index (Phi) is 7.82. The molecule has 5 nitrogen and oxygen atoms in total. The number of piperazine rings is 1. The zero-order chi connectivity index (χ0) is 17.5. The summed E-state index contributed by atoms with van der Waals surface area (Å²) in [6.07, 6.45) is 1.34. The van der Waals surface area contributed by atoms with Gasteiger partial charge in [-0.15, -0.1) is 0 Å². The first-order valence-electron chi connectivity index (χ1n) is 9.92. The second-order valence-electron chi connectivity index (χ2n) is 8.12. The molecule has 3 unspecified atom stereocenters. The van der Waals surface area contributed by atoms with Crippen LogP contribution >= 0.6 is 0 Å². The van der Waals surface area contributed by atoms with Crippen LogP contribution < -0.4 is 5.32 Å². The lowest BCUT2D eigenvalue weighted by molar-refractivity contribution is 0.124. The van der Waals surface area contributed by atoms with Crippen LogP contribution in [-0.2, 0) is 0 Å². The number of likely N-dealkylation sites (tertiary alicyclic amines) is 1. The molecule has 0 spiro atoms. The molecule has 1 N–H and O–H groups in total. The van der Waals surface area contributed by atoms with Crippen LogP contribution in [0.25, 0.3) is 0 Å². The predicted octanol–water partition coefficient (Wildman–Crippen LogP) is 1.81. The fourth-order valence-electron chi connectivity index (χ4n) is 4.23. The monoisotopic (exact) mass is 337 g/mol. The van der Waals surface area contributed by atoms with Crippen molar-refractivity contribution in [2.45, 2.75) is 34.1 Å². The maximum Gasteiger partial charge on any atom is 0.193 e. The van der Waals surface area contributed by atoms with Crippen LogP contribution in [0.3, 0.4) is 0 Å². The van der Waals surface area contributed by atoms with Crippen LogP contribution in [0.5, 0.6) is 0 Å². The summed E-state index contributed by atoms with van der Waals surface area (Å²) in [7, 11) is 1.92. The van der Waals surface area contributed by atoms with Crippen molar-refractivity contribution in [1.29, 1.82) is 0 Å². The van der Waals surface area contributed by atoms with E-state index in [-0.39, 0.29) is 0 Å². The van der Waals surface area contributed by atoms with Crippen LogP contribution in [0.15, 0.2) is 4.99 Å². The molecule has 2 aliphatic rings. The largest absolute Gasteiger partial charge is 0.356 e. The Bertz CT molecular complexity index is 379. The van der Waals surface area contributed by atoms with Gasteiger partial charge in [-0.25, -0.2) is 0 Å². The predicted molar refractivity (Wildman–Crippen MR) is 104 cm³/mol. The van der Waals surface area contributed by atoms with E-state index in [1.54, 1.807) is 0 Å². The van der Waals surface area contributed by atoms with Crippen LogP contribution in [0.2, 0.25) is 0 Å². The average molecular weight is 338 g/mol. The van der Waals surface area contributed by atoms with Gasteiger partial charge in [0.25, 0.3) is 0 Å². The van der Waals surface area contributed by atoms with Gasteiger partial charge in [-0.05, 0) is 30.7 Å². The summed E-state index contributed by atoms with van der Waals surface area (Å²) in [5.74, 6) is 3.27. The molecule has 2 aliphatic heterocycles. The molecule has 0 aromatic rings. The molecule has 3 atom stereocenters. The average Bonchev–Trinajstić information content (AvgIpc) is 2.55. The summed E-state index contributed by atoms with van der Waals surface area (Å²) < 4.78 is 0. The summed E-state index contributed by atoms with van der Waals surface area (Å²) in [6, 6.07) is 0. The van der Waals surface area contributed by atoms with Gasteiger partial charge < -0.3 is 20.0 Å². The molecular weight excluding hydrogens is 298 g/mol. The van der Waals surface area contributed by atoms with Gasteiger partial charge >= 0.3 is 0 Å². The SMILES string of the molecule is CCN1CCN(CC(C)CNC(=NC)N2CC(C)CC(C)C2)CC1. The highest BCUT2D eigenvalue weighted by Gasteiger charge is 2.24. The molecule has 140 valence electrons. The molecule has 2 fully saturated rings. The van der Waals surface area contributed by atoms with Crippen LogP contribution in [0.4, 0.5) is 0 Å². The summed E-state index contributed by atoms with van der Waals surface area (Å²) in [6.45, 7) is 19.9. The molecule has 5 heteroatoms. The zero-order valence-electron chi connectivity index (χ0n) is 16.6. The Morgan fingerprint density at radius 1 is 1.08 bits per heavy atom. The standard InChI is InChI=1S/C19H39N5/c1-6-22-7-9-23(10-8-22)13-18(4)12-21-19(20-5)24-14-16(2)11-17(3)15-24/h16-18H,6-15H2,1-5H3,(H,20,21). The molecular formula is C19H39N5. The van der Waals surface area contributed by atoms with Crippen LogP contribution in [0, 0.1) is 17.8 Å². The first-order valence-corrected chi connectivity index (χ1v) is 9.92. The summed E-state index contributed by atoms with van der Waals surface area (Å²) in [4.78, 5) is 12.1. The normalized spacial score (nSPS) is 28.9. The first kappa shape index (κ1) is 19.5. The third kappa shape index (κ3) is 5.92. The number of guanidine groups is 1. The number of nitrogens with zero attached hydrogens (tertiary/aromatic N) is 4. The number of piperidine rings is 1. The fraction of sp³-hybridized carbons (Fsp3) is 0.947. The molecule has 0 bridgehead atoms. The molecule has 24 heavy (non-hydrogen) atoms. The highest BCUT2D eigenvalue weighted by atomic mass is 15.3. The molecule has 0 aromatic heterocycles. The first-order chi connectivity index (χ1) is 11.5. The lowest BCUT2D eigenvalue weighted by Gasteiger charge is -2.38. The van der Waals surface area contributed by atoms with E-state index in [2.05, 4.69) is 52.7 Å². The van der Waals surface area contributed by atoms with Gasteiger partial charge in [0.15, 0.2) is 5.96 Å². The third-order valence-corrected chi connectivity index (χ3v) is 5.47. The van der Waals surface area contributed by atoms with Gasteiger partial charge in [0.2, 0.25) is 0 Å². The third-order valence-electron chi connectivity index (χ3n) is 5.47. The fourth-order valence-corrected chi connectivity index (χ4v) is 4.23. The Labute approximate surface area is 149 Å². The minimum absolute atomic E-state index is 0.648. The smallest absolute Gasteiger partial charge is 0.193 e. The van der Waals surface area contributed by atoms with Crippen molar-refractivity contribution in [3.8, 4) is 0 Å². The van der Waals surface area contributed by atoms with Crippen molar-refractivity contribution in [2.24, 2.45) is 22.7 Å². The van der Waals surface area contributed by atoms with Crippen molar-refractivity contribution >= 4 is 5.96 Å². The number of nitrogens with one attached hydrogen (secondary N) is 1. The van der Waals surface area contributed by atoms with Crippen LogP contribution in [-0.4, -0.2) is 86.6 Å². The van der Waals surface area contributed by atoms with Crippen molar-refractivity contribution in [3.05, 3.63) is 0 Å². The molecule has 0 saturated carbocycles. The highest BCUT2D eigenvalue weighted by Crippen LogP contribution is 2.20. The van der Waals surface area contributed by atoms with Gasteiger partial charge in [0, 0.05) is 59.4 Å². The number of aliphatic imine (C=N–C) groups is 1. The molecule has 0 aromatic carbocycles. The Morgan fingerprint density at radius 2 is 1.67 bits per heavy atom. The van der Waals surface area contributed by atoms with E-state index in [9.17, 15) is 0 Å². The van der Waals surface area contributed by atoms with Crippen molar-refractivity contribution in [1.82, 2.24) is 20.0 Å². The van der Waals surface area contributed by atoms with Gasteiger partial charge in [-0.3, -0.25) is 4.99 Å². The quantitative estimate of drug-likeness (QED) is 0.613. The van der Waals surface area contributed by atoms with Gasteiger partial charge in [-0.1, -0.05) is 27.7 Å². The van der Waals surface area contributed by atoms with E-state index in [1.165, 1.54) is 45.7 Å². The number of hydrogen-bond donors (Lipinski definition) is 1. The summed E-state index contributed by atoms with van der Waals surface area (Å²) in [5, 5.41) is 3.63. The molecule has 2 saturated heterocycles. The Hall–Kier alpha value is -0.810.